The lowest BCUT2D eigenvalue weighted by molar-refractivity contribution is 0.0620. The molecule has 21 heteroatoms. The highest BCUT2D eigenvalue weighted by Crippen LogP contribution is 2.49. The Kier molecular flexibility index (Phi) is 20.1. The van der Waals surface area contributed by atoms with Gasteiger partial charge in [-0.25, -0.2) is 35.7 Å². The molecule has 3 fully saturated rings. The monoisotopic (exact) mass is 1350 g/mol. The molecule has 0 saturated heterocycles. The molecule has 0 unspecified atom stereocenters. The zero-order chi connectivity index (χ0) is 68.8. The van der Waals surface area contributed by atoms with Crippen LogP contribution in [0.3, 0.4) is 0 Å². The first kappa shape index (κ1) is 67.0. The first-order valence-electron chi connectivity index (χ1n) is 33.0. The highest BCUT2D eigenvalue weighted by molar-refractivity contribution is 5.99. The van der Waals surface area contributed by atoms with Crippen LogP contribution in [0.1, 0.15) is 143 Å². The Morgan fingerprint density at radius 2 is 0.828 bits per heavy atom. The fourth-order valence-electron chi connectivity index (χ4n) is 13.1. The van der Waals surface area contributed by atoms with Crippen LogP contribution in [0.5, 0.6) is 34.5 Å². The number of alkyl halides is 1. The van der Waals surface area contributed by atoms with E-state index < -0.39 is 41.6 Å². The molecule has 3 aliphatic carbocycles. The van der Waals surface area contributed by atoms with E-state index in [9.17, 15) is 49.9 Å². The zero-order valence-electron chi connectivity index (χ0n) is 53.7. The molecule has 3 saturated carbocycles. The van der Waals surface area contributed by atoms with Crippen LogP contribution >= 0.6 is 0 Å². The van der Waals surface area contributed by atoms with Crippen LogP contribution in [0.15, 0.2) is 170 Å². The molecule has 506 valence electrons. The summed E-state index contributed by atoms with van der Waals surface area (Å²) in [6, 6.07) is 41.2. The van der Waals surface area contributed by atoms with Crippen LogP contribution < -0.4 is 19.5 Å². The number of aromatic nitrogens is 3. The van der Waals surface area contributed by atoms with Crippen LogP contribution in [0, 0.1) is 52.7 Å². The molecule has 6 heterocycles. The highest BCUT2D eigenvalue weighted by Gasteiger charge is 2.44. The summed E-state index contributed by atoms with van der Waals surface area (Å²) in [6.07, 6.45) is 10.7. The summed E-state index contributed by atoms with van der Waals surface area (Å²) in [6.45, 7) is 5.83. The van der Waals surface area contributed by atoms with Crippen molar-refractivity contribution in [2.24, 2.45) is 17.8 Å². The van der Waals surface area contributed by atoms with E-state index in [0.717, 1.165) is 127 Å². The van der Waals surface area contributed by atoms with Crippen molar-refractivity contribution in [1.82, 2.24) is 35.0 Å². The summed E-state index contributed by atoms with van der Waals surface area (Å²) >= 11 is 0. The number of fused-ring (bicyclic) bond motifs is 3. The van der Waals surface area contributed by atoms with Crippen molar-refractivity contribution in [3.05, 3.63) is 273 Å². The molecule has 15 rings (SSSR count). The Morgan fingerprint density at radius 3 is 1.18 bits per heavy atom. The number of rotatable bonds is 21. The van der Waals surface area contributed by atoms with Crippen LogP contribution in [0.2, 0.25) is 0 Å². The summed E-state index contributed by atoms with van der Waals surface area (Å²) in [4.78, 5) is 71.4. The summed E-state index contributed by atoms with van der Waals surface area (Å²) in [7, 11) is 0. The molecule has 1 N–H and O–H groups in total. The van der Waals surface area contributed by atoms with Crippen molar-refractivity contribution in [2.45, 2.75) is 82.5 Å². The first-order chi connectivity index (χ1) is 48.1. The Morgan fingerprint density at radius 1 is 0.465 bits per heavy atom. The zero-order valence-corrected chi connectivity index (χ0v) is 53.7. The molecule has 3 aromatic heterocycles. The van der Waals surface area contributed by atoms with Gasteiger partial charge in [-0.1, -0.05) is 43.0 Å². The van der Waals surface area contributed by atoms with Gasteiger partial charge in [0.2, 0.25) is 0 Å². The Bertz CT molecular complexity index is 4360. The lowest BCUT2D eigenvalue weighted by Gasteiger charge is -2.36. The number of nitrogens with zero attached hydrogens (tertiary/aromatic N) is 6. The summed E-state index contributed by atoms with van der Waals surface area (Å²) in [5.74, 6) is -3.14. The molecule has 6 aromatic carbocycles. The van der Waals surface area contributed by atoms with E-state index in [0.29, 0.717) is 103 Å². The third kappa shape index (κ3) is 15.6. The topological polar surface area (TPSA) is 156 Å². The van der Waals surface area contributed by atoms with Gasteiger partial charge < -0.3 is 34.2 Å². The average molecular weight is 1350 g/mol. The van der Waals surface area contributed by atoms with Crippen molar-refractivity contribution in [3.63, 3.8) is 0 Å². The third-order valence-electron chi connectivity index (χ3n) is 18.4. The number of halogens is 7. The van der Waals surface area contributed by atoms with Crippen molar-refractivity contribution in [1.29, 1.82) is 0 Å². The SMILES string of the molecule is C=Cc1cccc([C@@H](C2CC2)N2CCc3ccc(Oc4ccc(F)cc4F)cc3C2=O)n1.O=C1c2cc(Oc3ccc(F)cc3F)ccc2CCN1[C@@H](c1cccc(CNCCF)n1)C1CC1.O=Cc1cccc([C@@H](C2CC2)N2CCc3ccc(Oc4ccc(F)cc4F)cc3C2=O)n1. The molecular formula is C78H68F7N7O7. The average Bonchev–Trinajstić information content (AvgIpc) is 1.77. The fourth-order valence-corrected chi connectivity index (χ4v) is 13.1. The fraction of sp³-hybridized carbons (Fsp3) is 0.269. The van der Waals surface area contributed by atoms with Gasteiger partial charge >= 0.3 is 0 Å². The Labute approximate surface area is 567 Å². The number of nitrogens with one attached hydrogen (secondary N) is 1. The van der Waals surface area contributed by atoms with E-state index in [1.807, 2.05) is 69.3 Å². The van der Waals surface area contributed by atoms with Crippen molar-refractivity contribution in [3.8, 4) is 34.5 Å². The molecular weight excluding hydrogens is 1280 g/mol. The minimum atomic E-state index is -0.814. The van der Waals surface area contributed by atoms with Gasteiger partial charge in [0.1, 0.15) is 47.1 Å². The maximum absolute atomic E-state index is 14.1. The van der Waals surface area contributed by atoms with Crippen LogP contribution in [0.25, 0.3) is 6.08 Å². The maximum atomic E-state index is 14.1. The Balaban J connectivity index is 0.000000134. The second-order valence-electron chi connectivity index (χ2n) is 25.3. The van der Waals surface area contributed by atoms with Gasteiger partial charge in [0.15, 0.2) is 41.0 Å². The van der Waals surface area contributed by atoms with E-state index in [-0.39, 0.29) is 59.6 Å². The Hall–Kier alpha value is -10.5. The number of benzene rings is 6. The number of hydrogen-bond acceptors (Lipinski definition) is 11. The number of amides is 3. The number of pyridine rings is 3. The predicted molar refractivity (Wildman–Crippen MR) is 355 cm³/mol. The largest absolute Gasteiger partial charge is 0.454 e. The van der Waals surface area contributed by atoms with Gasteiger partial charge in [-0.15, -0.1) is 0 Å². The smallest absolute Gasteiger partial charge is 0.254 e. The number of carbonyl (C=O) groups is 4. The number of aldehydes is 1. The summed E-state index contributed by atoms with van der Waals surface area (Å²) in [5.41, 5.74) is 8.65. The lowest BCUT2D eigenvalue weighted by atomic mass is 9.95. The second kappa shape index (κ2) is 29.7. The van der Waals surface area contributed by atoms with Gasteiger partial charge in [0.25, 0.3) is 17.7 Å². The molecule has 9 aromatic rings. The molecule has 3 aliphatic heterocycles. The summed E-state index contributed by atoms with van der Waals surface area (Å²) < 4.78 is 111. The van der Waals surface area contributed by atoms with Gasteiger partial charge in [0.05, 0.1) is 46.6 Å². The molecule has 3 atom stereocenters. The second-order valence-corrected chi connectivity index (χ2v) is 25.3. The summed E-state index contributed by atoms with van der Waals surface area (Å²) in [5, 5.41) is 3.02. The van der Waals surface area contributed by atoms with Crippen LogP contribution in [-0.4, -0.2) is 86.5 Å². The molecule has 99 heavy (non-hydrogen) atoms. The standard InChI is InChI=1S/C27H26F3N3O2.C26H22F2N2O2.C25H20F2N2O3/c28-11-12-31-16-20-2-1-3-24(32-20)26(18-4-5-18)33-13-10-17-6-8-21(15-22(17)27(33)34)35-25-9-7-19(29)14-23(25)30;1-2-19-4-3-5-23(29-19)25(17-6-7-17)30-13-12-16-8-10-20(15-21(16)26(30)31)32-24-11-9-18(27)14-22(24)28;26-17-7-9-23(21(27)12-17)32-19-8-6-15-10-11-29(25(31)20(15)13-19)24(16-4-5-16)22-3-1-2-18(14-30)28-22/h1-3,6-9,14-15,18,26,31H,4-5,10-13,16H2;2-5,8-11,14-15,17,25H,1,6-7,12-13H2;1-3,6-9,12-14,16,24H,4-5,10-11H2/t26-;25-;24-/m111/s1. The minimum Gasteiger partial charge on any atom is -0.454 e. The number of ether oxygens (including phenoxy) is 3. The maximum Gasteiger partial charge on any atom is 0.254 e. The van der Waals surface area contributed by atoms with Crippen molar-refractivity contribution in [2.75, 3.05) is 32.9 Å². The molecule has 0 spiro atoms. The first-order valence-corrected chi connectivity index (χ1v) is 33.0. The van der Waals surface area contributed by atoms with Gasteiger partial charge in [-0.05, 0) is 208 Å². The molecule has 0 radical (unpaired) electrons. The van der Waals surface area contributed by atoms with E-state index in [1.165, 1.54) is 18.2 Å². The van der Waals surface area contributed by atoms with E-state index >= 15 is 0 Å². The van der Waals surface area contributed by atoms with Crippen LogP contribution in [0.4, 0.5) is 30.7 Å². The molecule has 6 aliphatic rings. The predicted octanol–water partition coefficient (Wildman–Crippen LogP) is 16.4. The number of hydrogen-bond donors (Lipinski definition) is 1. The molecule has 0 bridgehead atoms. The quantitative estimate of drug-likeness (QED) is 0.0415. The van der Waals surface area contributed by atoms with Crippen molar-refractivity contribution < 1.29 is 64.1 Å². The molecule has 14 nitrogen and oxygen atoms in total. The highest BCUT2D eigenvalue weighted by atomic mass is 19.2. The van der Waals surface area contributed by atoms with E-state index in [1.54, 1.807) is 60.7 Å². The number of carbonyl (C=O) groups excluding carboxylic acids is 4. The van der Waals surface area contributed by atoms with Gasteiger partial charge in [0, 0.05) is 67.6 Å². The minimum absolute atomic E-state index is 0.0843. The lowest BCUT2D eigenvalue weighted by Crippen LogP contribution is -2.41. The van der Waals surface area contributed by atoms with E-state index in [4.69, 9.17) is 24.2 Å². The van der Waals surface area contributed by atoms with Crippen LogP contribution in [-0.2, 0) is 25.8 Å². The normalized spacial score (nSPS) is 16.4. The third-order valence-corrected chi connectivity index (χ3v) is 18.4. The van der Waals surface area contributed by atoms with Crippen molar-refractivity contribution >= 4 is 30.1 Å². The van der Waals surface area contributed by atoms with Gasteiger partial charge in [-0.3, -0.25) is 29.1 Å². The van der Waals surface area contributed by atoms with Gasteiger partial charge in [-0.2, -0.15) is 0 Å². The molecule has 3 amide bonds. The van der Waals surface area contributed by atoms with E-state index in [2.05, 4.69) is 16.9 Å².